The van der Waals surface area contributed by atoms with Gasteiger partial charge in [-0.15, -0.1) is 0 Å². The highest BCUT2D eigenvalue weighted by molar-refractivity contribution is 7.86. The number of primary amides is 1. The zero-order chi connectivity index (χ0) is 20.2. The Bertz CT molecular complexity index is 946. The molecule has 0 aliphatic carbocycles. The van der Waals surface area contributed by atoms with E-state index in [0.717, 1.165) is 6.26 Å². The van der Waals surface area contributed by atoms with Crippen molar-refractivity contribution in [3.63, 3.8) is 0 Å². The lowest BCUT2D eigenvalue weighted by molar-refractivity contribution is 0.100. The summed E-state index contributed by atoms with van der Waals surface area (Å²) in [5.41, 5.74) is 12.0. The lowest BCUT2D eigenvalue weighted by Gasteiger charge is -2.13. The number of benzene rings is 1. The zero-order valence-corrected chi connectivity index (χ0v) is 16.0. The minimum atomic E-state index is -3.68. The number of nitrogens with zero attached hydrogens (tertiary/aromatic N) is 2. The second-order valence-corrected chi connectivity index (χ2v) is 7.83. The summed E-state index contributed by atoms with van der Waals surface area (Å²) in [5.74, 6) is 0.243. The topological polar surface area (TPSA) is 162 Å². The molecule has 27 heavy (non-hydrogen) atoms. The summed E-state index contributed by atoms with van der Waals surface area (Å²) in [6.45, 7) is 4.63. The standard InChI is InChI=1S/C16H22N6O4S/c1-9(2)7-19-15-11(14(18)23)8-20-16(22-15)21-10-4-5-13(12(17)6-10)26-27(3,24)25/h4-6,8-9H,7,17H2,1-3H3,(H2,18,23)(H2,19,20,21,22). The van der Waals surface area contributed by atoms with Crippen molar-refractivity contribution in [2.45, 2.75) is 13.8 Å². The fraction of sp³-hybridized carbons (Fsp3) is 0.312. The van der Waals surface area contributed by atoms with Gasteiger partial charge in [0.15, 0.2) is 5.75 Å². The van der Waals surface area contributed by atoms with E-state index in [1.165, 1.54) is 18.3 Å². The molecule has 0 aliphatic rings. The average molecular weight is 394 g/mol. The molecule has 0 radical (unpaired) electrons. The van der Waals surface area contributed by atoms with Crippen molar-refractivity contribution >= 4 is 39.2 Å². The highest BCUT2D eigenvalue weighted by Crippen LogP contribution is 2.27. The third-order valence-corrected chi connectivity index (χ3v) is 3.72. The number of amides is 1. The van der Waals surface area contributed by atoms with Gasteiger partial charge < -0.3 is 26.3 Å². The van der Waals surface area contributed by atoms with Crippen LogP contribution in [0.25, 0.3) is 0 Å². The Kier molecular flexibility index (Phi) is 6.05. The van der Waals surface area contributed by atoms with Crippen LogP contribution in [0.4, 0.5) is 23.1 Å². The van der Waals surface area contributed by atoms with Gasteiger partial charge in [-0.25, -0.2) is 4.98 Å². The maximum atomic E-state index is 11.5. The minimum absolute atomic E-state index is 0.0207. The van der Waals surface area contributed by atoms with Gasteiger partial charge in [-0.2, -0.15) is 13.4 Å². The Labute approximate surface area is 157 Å². The third kappa shape index (κ3) is 5.99. The van der Waals surface area contributed by atoms with E-state index in [0.29, 0.717) is 24.0 Å². The molecule has 1 amide bonds. The smallest absolute Gasteiger partial charge is 0.306 e. The summed E-state index contributed by atoms with van der Waals surface area (Å²) in [7, 11) is -3.68. The van der Waals surface area contributed by atoms with Crippen LogP contribution in [0.3, 0.4) is 0 Å². The van der Waals surface area contributed by atoms with E-state index in [2.05, 4.69) is 20.6 Å². The number of nitrogens with two attached hydrogens (primary N) is 2. The monoisotopic (exact) mass is 394 g/mol. The lowest BCUT2D eigenvalue weighted by atomic mass is 10.2. The molecule has 0 spiro atoms. The molecular formula is C16H22N6O4S. The van der Waals surface area contributed by atoms with E-state index in [1.54, 1.807) is 6.07 Å². The highest BCUT2D eigenvalue weighted by atomic mass is 32.2. The van der Waals surface area contributed by atoms with Gasteiger partial charge >= 0.3 is 10.1 Å². The van der Waals surface area contributed by atoms with Gasteiger partial charge in [0.25, 0.3) is 5.91 Å². The summed E-state index contributed by atoms with van der Waals surface area (Å²) in [6.07, 6.45) is 2.25. The maximum absolute atomic E-state index is 11.5. The number of hydrogen-bond acceptors (Lipinski definition) is 9. The minimum Gasteiger partial charge on any atom is -0.396 e. The average Bonchev–Trinajstić information content (AvgIpc) is 2.54. The van der Waals surface area contributed by atoms with E-state index >= 15 is 0 Å². The molecule has 0 saturated carbocycles. The number of carbonyl (C=O) groups excluding carboxylic acids is 1. The Morgan fingerprint density at radius 1 is 1.33 bits per heavy atom. The van der Waals surface area contributed by atoms with Gasteiger partial charge in [0.1, 0.15) is 5.82 Å². The van der Waals surface area contributed by atoms with Crippen molar-refractivity contribution < 1.29 is 17.4 Å². The molecule has 1 heterocycles. The molecule has 1 aromatic carbocycles. The van der Waals surface area contributed by atoms with Crippen LogP contribution >= 0.6 is 0 Å². The molecule has 11 heteroatoms. The van der Waals surface area contributed by atoms with Crippen molar-refractivity contribution in [2.24, 2.45) is 11.7 Å². The molecule has 146 valence electrons. The van der Waals surface area contributed by atoms with Gasteiger partial charge in [0, 0.05) is 18.4 Å². The molecule has 0 atom stereocenters. The molecule has 1 aromatic heterocycles. The van der Waals surface area contributed by atoms with Crippen LogP contribution in [0.1, 0.15) is 24.2 Å². The SMILES string of the molecule is CC(C)CNc1nc(Nc2ccc(OS(C)(=O)=O)c(N)c2)ncc1C(N)=O. The van der Waals surface area contributed by atoms with Crippen molar-refractivity contribution in [3.05, 3.63) is 30.0 Å². The van der Waals surface area contributed by atoms with Crippen molar-refractivity contribution in [2.75, 3.05) is 29.2 Å². The van der Waals surface area contributed by atoms with Crippen LogP contribution < -0.4 is 26.3 Å². The predicted molar refractivity (Wildman–Crippen MR) is 103 cm³/mol. The number of nitrogens with one attached hydrogen (secondary N) is 2. The molecule has 0 unspecified atom stereocenters. The Hall–Kier alpha value is -3.08. The first-order valence-electron chi connectivity index (χ1n) is 8.02. The van der Waals surface area contributed by atoms with E-state index in [9.17, 15) is 13.2 Å². The Morgan fingerprint density at radius 3 is 2.59 bits per heavy atom. The molecule has 0 saturated heterocycles. The number of hydrogen-bond donors (Lipinski definition) is 4. The fourth-order valence-electron chi connectivity index (χ4n) is 2.05. The predicted octanol–water partition coefficient (Wildman–Crippen LogP) is 1.31. The van der Waals surface area contributed by atoms with Crippen LogP contribution in [0.2, 0.25) is 0 Å². The first-order valence-corrected chi connectivity index (χ1v) is 9.83. The van der Waals surface area contributed by atoms with Crippen molar-refractivity contribution in [3.8, 4) is 5.75 Å². The van der Waals surface area contributed by atoms with Crippen LogP contribution in [-0.2, 0) is 10.1 Å². The van der Waals surface area contributed by atoms with Crippen LogP contribution in [-0.4, -0.2) is 37.1 Å². The number of aromatic nitrogens is 2. The normalized spacial score (nSPS) is 11.3. The molecule has 6 N–H and O–H groups in total. The second-order valence-electron chi connectivity index (χ2n) is 6.26. The van der Waals surface area contributed by atoms with E-state index in [4.69, 9.17) is 15.7 Å². The van der Waals surface area contributed by atoms with Crippen molar-refractivity contribution in [1.82, 2.24) is 9.97 Å². The number of carbonyl (C=O) groups is 1. The molecule has 2 aromatic rings. The second kappa shape index (κ2) is 8.08. The van der Waals surface area contributed by atoms with Gasteiger partial charge in [-0.05, 0) is 24.1 Å². The zero-order valence-electron chi connectivity index (χ0n) is 15.2. The summed E-state index contributed by atoms with van der Waals surface area (Å²) in [4.78, 5) is 19.9. The van der Waals surface area contributed by atoms with Gasteiger partial charge in [0.2, 0.25) is 5.95 Å². The quantitative estimate of drug-likeness (QED) is 0.382. The highest BCUT2D eigenvalue weighted by Gasteiger charge is 2.13. The van der Waals surface area contributed by atoms with Crippen molar-refractivity contribution in [1.29, 1.82) is 0 Å². The first kappa shape index (κ1) is 20.2. The van der Waals surface area contributed by atoms with Crippen LogP contribution in [0, 0.1) is 5.92 Å². The molecule has 2 rings (SSSR count). The summed E-state index contributed by atoms with van der Waals surface area (Å²) >= 11 is 0. The molecule has 0 aliphatic heterocycles. The molecule has 0 bridgehead atoms. The maximum Gasteiger partial charge on any atom is 0.306 e. The summed E-state index contributed by atoms with van der Waals surface area (Å²) in [5, 5.41) is 5.99. The van der Waals surface area contributed by atoms with Crippen LogP contribution in [0.5, 0.6) is 5.75 Å². The van der Waals surface area contributed by atoms with Gasteiger partial charge in [-0.1, -0.05) is 13.8 Å². The lowest BCUT2D eigenvalue weighted by Crippen LogP contribution is -2.18. The first-order chi connectivity index (χ1) is 12.5. The number of rotatable bonds is 8. The number of anilines is 4. The molecule has 0 fully saturated rings. The number of nitrogen functional groups attached to an aromatic ring is 1. The van der Waals surface area contributed by atoms with Gasteiger partial charge in [0.05, 0.1) is 17.5 Å². The summed E-state index contributed by atoms with van der Waals surface area (Å²) in [6, 6.07) is 4.45. The summed E-state index contributed by atoms with van der Waals surface area (Å²) < 4.78 is 27.2. The third-order valence-electron chi connectivity index (χ3n) is 3.24. The van der Waals surface area contributed by atoms with E-state index in [-0.39, 0.29) is 22.9 Å². The largest absolute Gasteiger partial charge is 0.396 e. The van der Waals surface area contributed by atoms with Crippen LogP contribution in [0.15, 0.2) is 24.4 Å². The molecular weight excluding hydrogens is 372 g/mol. The van der Waals surface area contributed by atoms with E-state index < -0.39 is 16.0 Å². The van der Waals surface area contributed by atoms with E-state index in [1.807, 2.05) is 13.8 Å². The fourth-order valence-corrected chi connectivity index (χ4v) is 2.53. The van der Waals surface area contributed by atoms with Gasteiger partial charge in [-0.3, -0.25) is 4.79 Å². The Morgan fingerprint density at radius 2 is 2.04 bits per heavy atom. The Balaban J connectivity index is 2.25. The molecule has 10 nitrogen and oxygen atoms in total.